The SMILES string of the molecule is COc1ccc(-c2c(-c3ccc(C#N)cc3)nc(CC3CCNCC3)n(C)c2=O)cc1F. The van der Waals surface area contributed by atoms with Gasteiger partial charge in [-0.2, -0.15) is 5.26 Å². The number of rotatable bonds is 5. The Bertz CT molecular complexity index is 1220. The molecule has 0 radical (unpaired) electrons. The molecule has 2 aromatic carbocycles. The Morgan fingerprint density at radius 3 is 2.50 bits per heavy atom. The van der Waals surface area contributed by atoms with E-state index in [1.165, 1.54) is 19.2 Å². The number of halogens is 1. The number of benzene rings is 2. The summed E-state index contributed by atoms with van der Waals surface area (Å²) in [6.07, 6.45) is 2.77. The molecule has 0 unspecified atom stereocenters. The van der Waals surface area contributed by atoms with E-state index in [2.05, 4.69) is 11.4 Å². The molecule has 164 valence electrons. The van der Waals surface area contributed by atoms with E-state index in [4.69, 9.17) is 15.0 Å². The highest BCUT2D eigenvalue weighted by atomic mass is 19.1. The molecule has 0 saturated carbocycles. The van der Waals surface area contributed by atoms with Crippen LogP contribution in [-0.4, -0.2) is 29.8 Å². The summed E-state index contributed by atoms with van der Waals surface area (Å²) in [6, 6.07) is 13.5. The molecule has 0 atom stereocenters. The van der Waals surface area contributed by atoms with Crippen LogP contribution in [0.4, 0.5) is 4.39 Å². The van der Waals surface area contributed by atoms with Crippen LogP contribution in [0.3, 0.4) is 0 Å². The summed E-state index contributed by atoms with van der Waals surface area (Å²) in [5.41, 5.74) is 2.25. The molecule has 7 heteroatoms. The zero-order chi connectivity index (χ0) is 22.7. The molecule has 3 aromatic rings. The Balaban J connectivity index is 1.89. The molecular weight excluding hydrogens is 407 g/mol. The average molecular weight is 432 g/mol. The monoisotopic (exact) mass is 432 g/mol. The van der Waals surface area contributed by atoms with Crippen LogP contribution in [0.25, 0.3) is 22.4 Å². The van der Waals surface area contributed by atoms with Gasteiger partial charge in [0.2, 0.25) is 0 Å². The smallest absolute Gasteiger partial charge is 0.261 e. The number of methoxy groups -OCH3 is 1. The summed E-state index contributed by atoms with van der Waals surface area (Å²) < 4.78 is 21.1. The van der Waals surface area contributed by atoms with E-state index in [-0.39, 0.29) is 11.3 Å². The van der Waals surface area contributed by atoms with Crippen molar-refractivity contribution in [2.24, 2.45) is 13.0 Å². The standard InChI is InChI=1S/C25H25FN4O2/c1-30-22(13-16-9-11-28-12-10-16)29-24(18-5-3-17(15-27)4-6-18)23(25(30)31)19-7-8-21(32-2)20(26)14-19/h3-8,14,16,28H,9-13H2,1-2H3. The minimum absolute atomic E-state index is 0.112. The highest BCUT2D eigenvalue weighted by Crippen LogP contribution is 2.31. The predicted octanol–water partition coefficient (Wildman–Crippen LogP) is 3.68. The minimum atomic E-state index is -0.545. The van der Waals surface area contributed by atoms with Crippen molar-refractivity contribution < 1.29 is 9.13 Å². The first kappa shape index (κ1) is 21.7. The maximum Gasteiger partial charge on any atom is 0.261 e. The van der Waals surface area contributed by atoms with Crippen LogP contribution in [-0.2, 0) is 13.5 Å². The zero-order valence-electron chi connectivity index (χ0n) is 18.2. The van der Waals surface area contributed by atoms with Crippen molar-refractivity contribution in [2.45, 2.75) is 19.3 Å². The first-order chi connectivity index (χ1) is 15.5. The molecule has 0 amide bonds. The number of nitrogens with zero attached hydrogens (tertiary/aromatic N) is 3. The Labute approximate surface area is 186 Å². The van der Waals surface area contributed by atoms with Gasteiger partial charge in [-0.05, 0) is 61.7 Å². The molecule has 6 nitrogen and oxygen atoms in total. The van der Waals surface area contributed by atoms with Crippen LogP contribution >= 0.6 is 0 Å². The van der Waals surface area contributed by atoms with Crippen molar-refractivity contribution in [3.63, 3.8) is 0 Å². The average Bonchev–Trinajstić information content (AvgIpc) is 2.82. The van der Waals surface area contributed by atoms with E-state index in [0.717, 1.165) is 25.9 Å². The molecule has 0 aliphatic carbocycles. The largest absolute Gasteiger partial charge is 0.494 e. The fourth-order valence-corrected chi connectivity index (χ4v) is 4.17. The van der Waals surface area contributed by atoms with Crippen molar-refractivity contribution >= 4 is 0 Å². The molecule has 0 spiro atoms. The molecule has 32 heavy (non-hydrogen) atoms. The van der Waals surface area contributed by atoms with E-state index in [0.29, 0.717) is 46.1 Å². The van der Waals surface area contributed by atoms with E-state index in [9.17, 15) is 9.18 Å². The van der Waals surface area contributed by atoms with Gasteiger partial charge in [0, 0.05) is 19.0 Å². The van der Waals surface area contributed by atoms with E-state index in [1.807, 2.05) is 0 Å². The lowest BCUT2D eigenvalue weighted by Crippen LogP contribution is -2.31. The Kier molecular flexibility index (Phi) is 6.33. The van der Waals surface area contributed by atoms with Gasteiger partial charge >= 0.3 is 0 Å². The second-order valence-electron chi connectivity index (χ2n) is 8.05. The Hall–Kier alpha value is -3.50. The fourth-order valence-electron chi connectivity index (χ4n) is 4.17. The molecule has 1 aromatic heterocycles. The summed E-state index contributed by atoms with van der Waals surface area (Å²) in [5, 5.41) is 12.5. The van der Waals surface area contributed by atoms with Crippen molar-refractivity contribution in [1.82, 2.24) is 14.9 Å². The van der Waals surface area contributed by atoms with Crippen LogP contribution in [0.1, 0.15) is 24.2 Å². The zero-order valence-corrected chi connectivity index (χ0v) is 18.2. The van der Waals surface area contributed by atoms with Gasteiger partial charge in [-0.15, -0.1) is 0 Å². The second kappa shape index (κ2) is 9.33. The van der Waals surface area contributed by atoms with Gasteiger partial charge < -0.3 is 10.1 Å². The minimum Gasteiger partial charge on any atom is -0.494 e. The normalized spacial score (nSPS) is 14.2. The summed E-state index contributed by atoms with van der Waals surface area (Å²) in [5.74, 6) is 0.726. The number of nitrogens with one attached hydrogen (secondary N) is 1. The first-order valence-corrected chi connectivity index (χ1v) is 10.7. The molecule has 0 bridgehead atoms. The summed E-state index contributed by atoms with van der Waals surface area (Å²) in [7, 11) is 3.12. The third kappa shape index (κ3) is 4.27. The molecule has 1 fully saturated rings. The van der Waals surface area contributed by atoms with E-state index >= 15 is 0 Å². The maximum absolute atomic E-state index is 14.5. The molecule has 4 rings (SSSR count). The third-order valence-corrected chi connectivity index (χ3v) is 6.04. The van der Waals surface area contributed by atoms with Gasteiger partial charge in [0.1, 0.15) is 5.82 Å². The maximum atomic E-state index is 14.5. The summed E-state index contributed by atoms with van der Waals surface area (Å²) in [6.45, 7) is 1.93. The number of nitriles is 1. The van der Waals surface area contributed by atoms with Gasteiger partial charge in [0.25, 0.3) is 5.56 Å². The van der Waals surface area contributed by atoms with Crippen molar-refractivity contribution in [3.05, 3.63) is 70.0 Å². The van der Waals surface area contributed by atoms with Gasteiger partial charge in [-0.1, -0.05) is 18.2 Å². The molecule has 1 aliphatic heterocycles. The Morgan fingerprint density at radius 1 is 1.19 bits per heavy atom. The highest BCUT2D eigenvalue weighted by molar-refractivity contribution is 5.80. The van der Waals surface area contributed by atoms with E-state index < -0.39 is 5.82 Å². The van der Waals surface area contributed by atoms with Crippen LogP contribution in [0.2, 0.25) is 0 Å². The molecule has 1 N–H and O–H groups in total. The fraction of sp³-hybridized carbons (Fsp3) is 0.320. The van der Waals surface area contributed by atoms with Crippen LogP contribution < -0.4 is 15.6 Å². The quantitative estimate of drug-likeness (QED) is 0.665. The predicted molar refractivity (Wildman–Crippen MR) is 121 cm³/mol. The summed E-state index contributed by atoms with van der Waals surface area (Å²) in [4.78, 5) is 18.4. The summed E-state index contributed by atoms with van der Waals surface area (Å²) >= 11 is 0. The van der Waals surface area contributed by atoms with Gasteiger partial charge in [0.05, 0.1) is 30.0 Å². The van der Waals surface area contributed by atoms with Crippen molar-refractivity contribution in [3.8, 4) is 34.2 Å². The van der Waals surface area contributed by atoms with Crippen LogP contribution in [0.5, 0.6) is 5.75 Å². The lowest BCUT2D eigenvalue weighted by molar-refractivity contribution is 0.363. The third-order valence-electron chi connectivity index (χ3n) is 6.04. The Morgan fingerprint density at radius 2 is 1.88 bits per heavy atom. The van der Waals surface area contributed by atoms with E-state index in [1.54, 1.807) is 41.9 Å². The molecular formula is C25H25FN4O2. The van der Waals surface area contributed by atoms with Crippen molar-refractivity contribution in [1.29, 1.82) is 5.26 Å². The molecule has 2 heterocycles. The van der Waals surface area contributed by atoms with Crippen LogP contribution in [0, 0.1) is 23.1 Å². The van der Waals surface area contributed by atoms with Gasteiger partial charge in [-0.3, -0.25) is 9.36 Å². The number of aromatic nitrogens is 2. The number of hydrogen-bond acceptors (Lipinski definition) is 5. The highest BCUT2D eigenvalue weighted by Gasteiger charge is 2.22. The number of hydrogen-bond donors (Lipinski definition) is 1. The van der Waals surface area contributed by atoms with Gasteiger partial charge in [0.15, 0.2) is 11.6 Å². The number of piperidine rings is 1. The first-order valence-electron chi connectivity index (χ1n) is 10.7. The van der Waals surface area contributed by atoms with Crippen molar-refractivity contribution in [2.75, 3.05) is 20.2 Å². The van der Waals surface area contributed by atoms with Gasteiger partial charge in [-0.25, -0.2) is 9.37 Å². The molecule has 1 aliphatic rings. The lowest BCUT2D eigenvalue weighted by Gasteiger charge is -2.23. The topological polar surface area (TPSA) is 79.9 Å². The van der Waals surface area contributed by atoms with Crippen LogP contribution in [0.15, 0.2) is 47.3 Å². The number of ether oxygens (including phenoxy) is 1. The second-order valence-corrected chi connectivity index (χ2v) is 8.05. The lowest BCUT2D eigenvalue weighted by atomic mass is 9.93. The molecule has 1 saturated heterocycles.